The zero-order valence-corrected chi connectivity index (χ0v) is 13.8. The van der Waals surface area contributed by atoms with E-state index in [1.54, 1.807) is 11.0 Å². The van der Waals surface area contributed by atoms with Crippen molar-refractivity contribution in [2.45, 2.75) is 26.2 Å². The largest absolute Gasteiger partial charge is 0.355 e. The van der Waals surface area contributed by atoms with E-state index < -0.39 is 0 Å². The van der Waals surface area contributed by atoms with Crippen molar-refractivity contribution in [2.24, 2.45) is 11.8 Å². The second-order valence-electron chi connectivity index (χ2n) is 6.22. The Bertz CT molecular complexity index is 542. The van der Waals surface area contributed by atoms with Crippen LogP contribution >= 0.6 is 0 Å². The first-order chi connectivity index (χ1) is 11.1. The van der Waals surface area contributed by atoms with Crippen LogP contribution in [0.5, 0.6) is 0 Å². The van der Waals surface area contributed by atoms with Crippen molar-refractivity contribution in [1.29, 1.82) is 0 Å². The number of carbonyl (C=O) groups is 2. The third-order valence-electron chi connectivity index (χ3n) is 4.30. The van der Waals surface area contributed by atoms with Crippen LogP contribution in [0.4, 0.5) is 0 Å². The van der Waals surface area contributed by atoms with Gasteiger partial charge in [0.2, 0.25) is 11.8 Å². The highest BCUT2D eigenvalue weighted by Gasteiger charge is 2.38. The summed E-state index contributed by atoms with van der Waals surface area (Å²) in [7, 11) is 0. The quantitative estimate of drug-likeness (QED) is 0.712. The summed E-state index contributed by atoms with van der Waals surface area (Å²) in [6.45, 7) is 7.42. The predicted molar refractivity (Wildman–Crippen MR) is 91.8 cm³/mol. The van der Waals surface area contributed by atoms with E-state index in [9.17, 15) is 9.59 Å². The van der Waals surface area contributed by atoms with Gasteiger partial charge in [-0.25, -0.2) is 0 Å². The molecule has 1 saturated carbocycles. The van der Waals surface area contributed by atoms with Gasteiger partial charge in [0.25, 0.3) is 0 Å². The summed E-state index contributed by atoms with van der Waals surface area (Å²) < 4.78 is 0. The number of benzene rings is 1. The molecule has 23 heavy (non-hydrogen) atoms. The summed E-state index contributed by atoms with van der Waals surface area (Å²) in [5.41, 5.74) is 1.21. The molecule has 0 bridgehead atoms. The monoisotopic (exact) mass is 314 g/mol. The number of amides is 2. The Morgan fingerprint density at radius 2 is 2.04 bits per heavy atom. The number of nitrogens with one attached hydrogen (secondary N) is 1. The van der Waals surface area contributed by atoms with Gasteiger partial charge < -0.3 is 10.2 Å². The highest BCUT2D eigenvalue weighted by Crippen LogP contribution is 2.37. The molecule has 0 aliphatic heterocycles. The average Bonchev–Trinajstić information content (AvgIpc) is 3.29. The molecule has 4 heteroatoms. The highest BCUT2D eigenvalue weighted by molar-refractivity contribution is 5.82. The van der Waals surface area contributed by atoms with Gasteiger partial charge in [-0.15, -0.1) is 6.58 Å². The fourth-order valence-electron chi connectivity index (χ4n) is 2.65. The van der Waals surface area contributed by atoms with Crippen molar-refractivity contribution < 1.29 is 9.59 Å². The first-order valence-corrected chi connectivity index (χ1v) is 8.32. The maximum absolute atomic E-state index is 12.3. The molecular weight excluding hydrogens is 288 g/mol. The number of carbonyl (C=O) groups excluding carboxylic acids is 2. The third-order valence-corrected chi connectivity index (χ3v) is 4.30. The summed E-state index contributed by atoms with van der Waals surface area (Å²) in [4.78, 5) is 25.9. The van der Waals surface area contributed by atoms with Gasteiger partial charge in [-0.1, -0.05) is 43.3 Å². The lowest BCUT2D eigenvalue weighted by atomic mass is 10.1. The van der Waals surface area contributed by atoms with E-state index in [4.69, 9.17) is 0 Å². The van der Waals surface area contributed by atoms with Crippen molar-refractivity contribution in [3.63, 3.8) is 0 Å². The Kier molecular flexibility index (Phi) is 6.39. The summed E-state index contributed by atoms with van der Waals surface area (Å²) >= 11 is 0. The zero-order valence-electron chi connectivity index (χ0n) is 13.8. The lowest BCUT2D eigenvalue weighted by molar-refractivity contribution is -0.130. The van der Waals surface area contributed by atoms with Crippen LogP contribution in [0.3, 0.4) is 0 Å². The second-order valence-corrected chi connectivity index (χ2v) is 6.22. The van der Waals surface area contributed by atoms with Crippen LogP contribution in [0, 0.1) is 11.8 Å². The van der Waals surface area contributed by atoms with Crippen LogP contribution in [-0.4, -0.2) is 36.3 Å². The Morgan fingerprint density at radius 1 is 1.35 bits per heavy atom. The van der Waals surface area contributed by atoms with Crippen LogP contribution < -0.4 is 5.32 Å². The molecule has 1 N–H and O–H groups in total. The van der Waals surface area contributed by atoms with Crippen LogP contribution in [0.25, 0.3) is 0 Å². The van der Waals surface area contributed by atoms with E-state index in [1.165, 1.54) is 5.56 Å². The molecule has 0 radical (unpaired) electrons. The highest BCUT2D eigenvalue weighted by atomic mass is 16.2. The van der Waals surface area contributed by atoms with Crippen LogP contribution in [0.1, 0.15) is 25.3 Å². The topological polar surface area (TPSA) is 49.4 Å². The number of nitrogens with zero attached hydrogens (tertiary/aromatic N) is 1. The lowest BCUT2D eigenvalue weighted by Crippen LogP contribution is -2.36. The zero-order chi connectivity index (χ0) is 16.7. The van der Waals surface area contributed by atoms with Crippen molar-refractivity contribution in [3.05, 3.63) is 48.6 Å². The van der Waals surface area contributed by atoms with Crippen LogP contribution in [-0.2, 0) is 16.0 Å². The fourth-order valence-corrected chi connectivity index (χ4v) is 2.65. The summed E-state index contributed by atoms with van der Waals surface area (Å²) in [6, 6.07) is 10.1. The van der Waals surface area contributed by atoms with Gasteiger partial charge in [-0.2, -0.15) is 0 Å². The van der Waals surface area contributed by atoms with E-state index in [0.717, 1.165) is 12.8 Å². The summed E-state index contributed by atoms with van der Waals surface area (Å²) in [5.74, 6) is 0.802. The maximum Gasteiger partial charge on any atom is 0.224 e. The second kappa shape index (κ2) is 8.51. The van der Waals surface area contributed by atoms with E-state index in [0.29, 0.717) is 32.0 Å². The first-order valence-electron chi connectivity index (χ1n) is 8.32. The molecule has 0 saturated heterocycles. The molecule has 0 aromatic heterocycles. The normalized spacial score (nSPS) is 19.0. The number of rotatable bonds is 9. The standard InChI is InChI=1S/C19H26N2O2/c1-3-12-21(13-10-16-7-5-4-6-8-16)18(22)9-11-20-19(23)17-14-15(17)2/h3-8,15,17H,1,9-14H2,2H3,(H,20,23)/t15-,17-/m0/s1. The molecule has 0 heterocycles. The molecule has 1 fully saturated rings. The van der Waals surface area contributed by atoms with Gasteiger partial charge in [0.05, 0.1) is 0 Å². The molecule has 2 amide bonds. The third kappa shape index (κ3) is 5.55. The van der Waals surface area contributed by atoms with E-state index >= 15 is 0 Å². The van der Waals surface area contributed by atoms with Crippen molar-refractivity contribution in [2.75, 3.05) is 19.6 Å². The number of hydrogen-bond acceptors (Lipinski definition) is 2. The fraction of sp³-hybridized carbons (Fsp3) is 0.474. The first kappa shape index (κ1) is 17.3. The molecule has 1 aliphatic carbocycles. The molecule has 1 aliphatic rings. The molecule has 124 valence electrons. The number of hydrogen-bond donors (Lipinski definition) is 1. The Hall–Kier alpha value is -2.10. The molecule has 1 aromatic rings. The minimum Gasteiger partial charge on any atom is -0.355 e. The van der Waals surface area contributed by atoms with Crippen LogP contribution in [0.2, 0.25) is 0 Å². The maximum atomic E-state index is 12.3. The minimum absolute atomic E-state index is 0.0602. The lowest BCUT2D eigenvalue weighted by Gasteiger charge is -2.21. The molecule has 4 nitrogen and oxygen atoms in total. The molecule has 2 atom stereocenters. The predicted octanol–water partition coefficient (Wildman–Crippen LogP) is 2.41. The Labute approximate surface area is 138 Å². The van der Waals surface area contributed by atoms with Gasteiger partial charge in [-0.05, 0) is 24.3 Å². The summed E-state index contributed by atoms with van der Waals surface area (Å²) in [6.07, 6.45) is 3.88. The van der Waals surface area contributed by atoms with Crippen molar-refractivity contribution >= 4 is 11.8 Å². The SMILES string of the molecule is C=CCN(CCc1ccccc1)C(=O)CCNC(=O)[C@H]1C[C@@H]1C. The minimum atomic E-state index is 0.0602. The van der Waals surface area contributed by atoms with Gasteiger partial charge in [-0.3, -0.25) is 9.59 Å². The van der Waals surface area contributed by atoms with Gasteiger partial charge in [0.1, 0.15) is 0 Å². The smallest absolute Gasteiger partial charge is 0.224 e. The van der Waals surface area contributed by atoms with Gasteiger partial charge in [0.15, 0.2) is 0 Å². The molecular formula is C19H26N2O2. The molecule has 0 unspecified atom stereocenters. The van der Waals surface area contributed by atoms with Crippen molar-refractivity contribution in [1.82, 2.24) is 10.2 Å². The average molecular weight is 314 g/mol. The van der Waals surface area contributed by atoms with Gasteiger partial charge in [0, 0.05) is 32.0 Å². The molecule has 2 rings (SSSR count). The van der Waals surface area contributed by atoms with E-state index in [1.807, 2.05) is 18.2 Å². The van der Waals surface area contributed by atoms with E-state index in [-0.39, 0.29) is 17.7 Å². The van der Waals surface area contributed by atoms with Crippen molar-refractivity contribution in [3.8, 4) is 0 Å². The molecule has 0 spiro atoms. The van der Waals surface area contributed by atoms with E-state index in [2.05, 4.69) is 31.0 Å². The molecule has 1 aromatic carbocycles. The van der Waals surface area contributed by atoms with Crippen LogP contribution in [0.15, 0.2) is 43.0 Å². The Morgan fingerprint density at radius 3 is 2.65 bits per heavy atom. The van der Waals surface area contributed by atoms with Gasteiger partial charge >= 0.3 is 0 Å². The summed E-state index contributed by atoms with van der Waals surface area (Å²) in [5, 5.41) is 2.86. The Balaban J connectivity index is 1.73.